The number of sulfone groups is 1. The fourth-order valence-electron chi connectivity index (χ4n) is 0.366. The lowest BCUT2D eigenvalue weighted by Crippen LogP contribution is -2.48. The first-order valence-corrected chi connectivity index (χ1v) is 4.12. The summed E-state index contributed by atoms with van der Waals surface area (Å²) in [4.78, 5) is 0. The molecule has 0 aromatic carbocycles. The molecule has 0 spiro atoms. The van der Waals surface area contributed by atoms with Crippen molar-refractivity contribution < 1.29 is 28.8 Å². The van der Waals surface area contributed by atoms with Crippen LogP contribution in [-0.4, -0.2) is 39.1 Å². The normalized spacial score (nSPS) is 15.1. The standard InChI is InChI=1S/C4H10O6S/c1-3(5,6)11(9,10)4(2,7)8/h5-8H,1-2H3. The molecule has 0 heterocycles. The van der Waals surface area contributed by atoms with Crippen molar-refractivity contribution in [3.8, 4) is 0 Å². The van der Waals surface area contributed by atoms with E-state index in [0.29, 0.717) is 13.8 Å². The first-order valence-electron chi connectivity index (χ1n) is 2.64. The predicted molar refractivity (Wildman–Crippen MR) is 34.6 cm³/mol. The van der Waals surface area contributed by atoms with Crippen molar-refractivity contribution in [3.05, 3.63) is 0 Å². The van der Waals surface area contributed by atoms with Gasteiger partial charge >= 0.3 is 0 Å². The molecule has 0 bridgehead atoms. The van der Waals surface area contributed by atoms with Crippen molar-refractivity contribution >= 4 is 9.84 Å². The van der Waals surface area contributed by atoms with Crippen LogP contribution in [0.25, 0.3) is 0 Å². The highest BCUT2D eigenvalue weighted by atomic mass is 32.2. The van der Waals surface area contributed by atoms with E-state index in [0.717, 1.165) is 0 Å². The third kappa shape index (κ3) is 1.88. The van der Waals surface area contributed by atoms with Crippen molar-refractivity contribution in [1.29, 1.82) is 0 Å². The fourth-order valence-corrected chi connectivity index (χ4v) is 1.10. The largest absolute Gasteiger partial charge is 0.354 e. The van der Waals surface area contributed by atoms with Crippen LogP contribution in [0.3, 0.4) is 0 Å². The molecule has 0 fully saturated rings. The molecule has 0 aromatic heterocycles. The smallest absolute Gasteiger partial charge is 0.271 e. The van der Waals surface area contributed by atoms with Crippen molar-refractivity contribution in [2.75, 3.05) is 0 Å². The second-order valence-corrected chi connectivity index (χ2v) is 4.92. The first kappa shape index (κ1) is 10.8. The zero-order chi connectivity index (χ0) is 9.50. The summed E-state index contributed by atoms with van der Waals surface area (Å²) in [6.45, 7) is 1.04. The Morgan fingerprint density at radius 3 is 1.09 bits per heavy atom. The molecule has 0 aromatic rings. The SMILES string of the molecule is CC(O)(O)S(=O)(=O)C(C)(O)O. The van der Waals surface area contributed by atoms with Gasteiger partial charge in [0.05, 0.1) is 0 Å². The van der Waals surface area contributed by atoms with Gasteiger partial charge in [-0.15, -0.1) is 0 Å². The molecule has 0 atom stereocenters. The van der Waals surface area contributed by atoms with E-state index < -0.39 is 20.1 Å². The van der Waals surface area contributed by atoms with Crippen LogP contribution in [0.2, 0.25) is 0 Å². The lowest BCUT2D eigenvalue weighted by atomic mass is 10.7. The summed E-state index contributed by atoms with van der Waals surface area (Å²) in [7, 11) is -4.79. The number of hydrogen-bond acceptors (Lipinski definition) is 6. The Bertz CT molecular complexity index is 206. The quantitative estimate of drug-likeness (QED) is 0.361. The first-order chi connectivity index (χ1) is 4.50. The fraction of sp³-hybridized carbons (Fsp3) is 1.00. The Morgan fingerprint density at radius 1 is 0.909 bits per heavy atom. The third-order valence-corrected chi connectivity index (χ3v) is 3.05. The molecular formula is C4H10O6S. The van der Waals surface area contributed by atoms with Gasteiger partial charge in [0.2, 0.25) is 0 Å². The molecule has 0 unspecified atom stereocenters. The zero-order valence-electron chi connectivity index (χ0n) is 6.01. The molecule has 0 amide bonds. The minimum Gasteiger partial charge on any atom is -0.354 e. The molecule has 0 aliphatic rings. The van der Waals surface area contributed by atoms with Gasteiger partial charge < -0.3 is 20.4 Å². The van der Waals surface area contributed by atoms with Gasteiger partial charge in [-0.05, 0) is 0 Å². The molecule has 0 saturated carbocycles. The van der Waals surface area contributed by atoms with Gasteiger partial charge in [0.15, 0.2) is 0 Å². The minimum absolute atomic E-state index is 0.521. The molecule has 68 valence electrons. The van der Waals surface area contributed by atoms with Crippen LogP contribution in [0.4, 0.5) is 0 Å². The van der Waals surface area contributed by atoms with Gasteiger partial charge in [0.25, 0.3) is 20.1 Å². The summed E-state index contributed by atoms with van der Waals surface area (Å²) >= 11 is 0. The second kappa shape index (κ2) is 2.39. The predicted octanol–water partition coefficient (Wildman–Crippen LogP) is -2.28. The molecule has 11 heavy (non-hydrogen) atoms. The molecule has 0 aliphatic heterocycles. The Balaban J connectivity index is 5.11. The average Bonchev–Trinajstić information content (AvgIpc) is 1.58. The highest BCUT2D eigenvalue weighted by Crippen LogP contribution is 2.20. The van der Waals surface area contributed by atoms with Gasteiger partial charge in [0, 0.05) is 13.8 Å². The van der Waals surface area contributed by atoms with Crippen LogP contribution in [-0.2, 0) is 9.84 Å². The van der Waals surface area contributed by atoms with Crippen LogP contribution in [0, 0.1) is 0 Å². The maximum Gasteiger partial charge on any atom is 0.271 e. The van der Waals surface area contributed by atoms with Gasteiger partial charge in [-0.25, -0.2) is 8.42 Å². The van der Waals surface area contributed by atoms with Crippen molar-refractivity contribution in [1.82, 2.24) is 0 Å². The Morgan fingerprint density at radius 2 is 1.09 bits per heavy atom. The van der Waals surface area contributed by atoms with E-state index in [4.69, 9.17) is 20.4 Å². The minimum atomic E-state index is -4.79. The Hall–Kier alpha value is -0.210. The molecule has 0 radical (unpaired) electrons. The molecule has 7 heteroatoms. The number of aliphatic hydroxyl groups is 4. The summed E-state index contributed by atoms with van der Waals surface area (Å²) < 4.78 is 21.3. The van der Waals surface area contributed by atoms with E-state index in [1.54, 1.807) is 0 Å². The summed E-state index contributed by atoms with van der Waals surface area (Å²) in [5.41, 5.74) is 0. The molecule has 0 aliphatic carbocycles. The summed E-state index contributed by atoms with van der Waals surface area (Å²) in [6.07, 6.45) is 0. The highest BCUT2D eigenvalue weighted by molar-refractivity contribution is 7.93. The van der Waals surface area contributed by atoms with Crippen molar-refractivity contribution in [2.45, 2.75) is 24.1 Å². The second-order valence-electron chi connectivity index (χ2n) is 2.37. The highest BCUT2D eigenvalue weighted by Gasteiger charge is 2.48. The molecule has 0 saturated heterocycles. The van der Waals surface area contributed by atoms with E-state index in [-0.39, 0.29) is 0 Å². The Kier molecular flexibility index (Phi) is 2.34. The van der Waals surface area contributed by atoms with Gasteiger partial charge in [0.1, 0.15) is 0 Å². The van der Waals surface area contributed by atoms with Crippen molar-refractivity contribution in [2.24, 2.45) is 0 Å². The molecule has 4 N–H and O–H groups in total. The van der Waals surface area contributed by atoms with Crippen LogP contribution in [0.15, 0.2) is 0 Å². The summed E-state index contributed by atoms with van der Waals surface area (Å²) in [6, 6.07) is 0. The maximum absolute atomic E-state index is 10.7. The number of hydrogen-bond donors (Lipinski definition) is 4. The number of rotatable bonds is 2. The molecular weight excluding hydrogens is 176 g/mol. The van der Waals surface area contributed by atoms with E-state index in [2.05, 4.69) is 0 Å². The summed E-state index contributed by atoms with van der Waals surface area (Å²) in [5.74, 6) is 0. The summed E-state index contributed by atoms with van der Waals surface area (Å²) in [5, 5.41) is 27.8. The van der Waals surface area contributed by atoms with Crippen LogP contribution in [0.5, 0.6) is 0 Å². The van der Waals surface area contributed by atoms with Gasteiger partial charge in [-0.1, -0.05) is 0 Å². The van der Waals surface area contributed by atoms with E-state index in [1.165, 1.54) is 0 Å². The lowest BCUT2D eigenvalue weighted by molar-refractivity contribution is -0.108. The van der Waals surface area contributed by atoms with Crippen LogP contribution < -0.4 is 0 Å². The average molecular weight is 186 g/mol. The van der Waals surface area contributed by atoms with E-state index in [9.17, 15) is 8.42 Å². The maximum atomic E-state index is 10.7. The van der Waals surface area contributed by atoms with Crippen molar-refractivity contribution in [3.63, 3.8) is 0 Å². The van der Waals surface area contributed by atoms with E-state index in [1.807, 2.05) is 0 Å². The monoisotopic (exact) mass is 186 g/mol. The lowest BCUT2D eigenvalue weighted by Gasteiger charge is -2.23. The van der Waals surface area contributed by atoms with Crippen LogP contribution >= 0.6 is 0 Å². The van der Waals surface area contributed by atoms with E-state index >= 15 is 0 Å². The zero-order valence-corrected chi connectivity index (χ0v) is 6.83. The third-order valence-electron chi connectivity index (χ3n) is 1.02. The topological polar surface area (TPSA) is 115 Å². The Labute approximate surface area is 63.6 Å². The van der Waals surface area contributed by atoms with Gasteiger partial charge in [-0.3, -0.25) is 0 Å². The molecule has 0 rings (SSSR count). The van der Waals surface area contributed by atoms with Gasteiger partial charge in [-0.2, -0.15) is 0 Å². The molecule has 6 nitrogen and oxygen atoms in total. The van der Waals surface area contributed by atoms with Crippen LogP contribution in [0.1, 0.15) is 13.8 Å².